The molecule has 1 aliphatic rings. The van der Waals surface area contributed by atoms with Crippen molar-refractivity contribution in [1.82, 2.24) is 0 Å². The zero-order chi connectivity index (χ0) is 13.4. The first kappa shape index (κ1) is 14.7. The fraction of sp³-hybridized carbons (Fsp3) is 0.533. The van der Waals surface area contributed by atoms with Gasteiger partial charge in [0, 0.05) is 0 Å². The lowest BCUT2D eigenvalue weighted by Crippen LogP contribution is -2.50. The Morgan fingerprint density at radius 2 is 2.00 bits per heavy atom. The van der Waals surface area contributed by atoms with Gasteiger partial charge in [-0.05, 0) is 25.3 Å². The van der Waals surface area contributed by atoms with Gasteiger partial charge in [0.15, 0.2) is 0 Å². The molecule has 1 saturated carbocycles. The summed E-state index contributed by atoms with van der Waals surface area (Å²) in [6.45, 7) is 5.98. The van der Waals surface area contributed by atoms with Gasteiger partial charge in [0.1, 0.15) is 12.1 Å². The van der Waals surface area contributed by atoms with Crippen LogP contribution in [0.5, 0.6) is 0 Å². The molecule has 0 aromatic rings. The maximum Gasteiger partial charge on any atom is 0.326 e. The number of ether oxygens (including phenoxy) is 1. The molecular weight excluding hydrogens is 226 g/mol. The average molecular weight is 249 g/mol. The summed E-state index contributed by atoms with van der Waals surface area (Å²) in [7, 11) is 0. The summed E-state index contributed by atoms with van der Waals surface area (Å²) in [4.78, 5) is 11.9. The molecule has 2 N–H and O–H groups in total. The molecule has 1 rings (SSSR count). The van der Waals surface area contributed by atoms with Crippen molar-refractivity contribution in [3.8, 4) is 0 Å². The summed E-state index contributed by atoms with van der Waals surface area (Å²) >= 11 is 0. The number of esters is 1. The van der Waals surface area contributed by atoms with Gasteiger partial charge in [-0.25, -0.2) is 0 Å². The van der Waals surface area contributed by atoms with Crippen molar-refractivity contribution < 1.29 is 9.53 Å². The fourth-order valence-electron chi connectivity index (χ4n) is 2.04. The average Bonchev–Trinajstić information content (AvgIpc) is 2.37. The SMILES string of the molecule is C=C(/C=C\C=C/C)COC(=O)C1(N)CCCCC1. The Morgan fingerprint density at radius 1 is 1.33 bits per heavy atom. The largest absolute Gasteiger partial charge is 0.459 e. The van der Waals surface area contributed by atoms with Crippen LogP contribution in [0.4, 0.5) is 0 Å². The Kier molecular flexibility index (Phi) is 5.86. The van der Waals surface area contributed by atoms with Gasteiger partial charge < -0.3 is 10.5 Å². The van der Waals surface area contributed by atoms with E-state index in [2.05, 4.69) is 6.58 Å². The zero-order valence-corrected chi connectivity index (χ0v) is 11.2. The molecule has 0 heterocycles. The van der Waals surface area contributed by atoms with E-state index in [1.165, 1.54) is 0 Å². The van der Waals surface area contributed by atoms with Crippen LogP contribution in [-0.2, 0) is 9.53 Å². The van der Waals surface area contributed by atoms with Crippen molar-refractivity contribution in [2.45, 2.75) is 44.6 Å². The van der Waals surface area contributed by atoms with Gasteiger partial charge in [-0.2, -0.15) is 0 Å². The fourth-order valence-corrected chi connectivity index (χ4v) is 2.04. The van der Waals surface area contributed by atoms with E-state index in [1.807, 2.05) is 31.2 Å². The third-order valence-electron chi connectivity index (χ3n) is 3.18. The molecule has 3 heteroatoms. The summed E-state index contributed by atoms with van der Waals surface area (Å²) in [6.07, 6.45) is 12.2. The second kappa shape index (κ2) is 7.17. The molecule has 1 fully saturated rings. The summed E-state index contributed by atoms with van der Waals surface area (Å²) in [5.41, 5.74) is 6.07. The van der Waals surface area contributed by atoms with Crippen molar-refractivity contribution in [2.24, 2.45) is 5.73 Å². The molecule has 18 heavy (non-hydrogen) atoms. The molecule has 0 radical (unpaired) electrons. The van der Waals surface area contributed by atoms with E-state index in [1.54, 1.807) is 0 Å². The molecule has 0 aromatic heterocycles. The summed E-state index contributed by atoms with van der Waals surface area (Å²) in [6, 6.07) is 0. The van der Waals surface area contributed by atoms with Crippen molar-refractivity contribution in [1.29, 1.82) is 0 Å². The summed E-state index contributed by atoms with van der Waals surface area (Å²) in [5.74, 6) is -0.289. The molecule has 0 saturated heterocycles. The number of carbonyl (C=O) groups excluding carboxylic acids is 1. The zero-order valence-electron chi connectivity index (χ0n) is 11.2. The summed E-state index contributed by atoms with van der Waals surface area (Å²) in [5, 5.41) is 0. The molecule has 3 nitrogen and oxygen atoms in total. The van der Waals surface area contributed by atoms with Crippen molar-refractivity contribution in [3.63, 3.8) is 0 Å². The molecule has 0 unspecified atom stereocenters. The number of hydrogen-bond donors (Lipinski definition) is 1. The summed E-state index contributed by atoms with van der Waals surface area (Å²) < 4.78 is 5.24. The highest BCUT2D eigenvalue weighted by atomic mass is 16.5. The van der Waals surface area contributed by atoms with Gasteiger partial charge in [-0.1, -0.05) is 50.1 Å². The molecule has 0 atom stereocenters. The van der Waals surface area contributed by atoms with Gasteiger partial charge in [0.25, 0.3) is 0 Å². The Balaban J connectivity index is 2.38. The predicted molar refractivity (Wildman–Crippen MR) is 74.1 cm³/mol. The van der Waals surface area contributed by atoms with Crippen LogP contribution < -0.4 is 5.73 Å². The smallest absolute Gasteiger partial charge is 0.326 e. The maximum atomic E-state index is 11.9. The molecule has 0 amide bonds. The van der Waals surface area contributed by atoms with Crippen LogP contribution in [0.25, 0.3) is 0 Å². The normalized spacial score (nSPS) is 19.2. The monoisotopic (exact) mass is 249 g/mol. The number of carbonyl (C=O) groups is 1. The van der Waals surface area contributed by atoms with E-state index in [-0.39, 0.29) is 12.6 Å². The Labute approximate surface area is 109 Å². The van der Waals surface area contributed by atoms with Gasteiger partial charge in [0.2, 0.25) is 0 Å². The van der Waals surface area contributed by atoms with Crippen LogP contribution in [0.15, 0.2) is 36.5 Å². The molecule has 100 valence electrons. The highest BCUT2D eigenvalue weighted by Gasteiger charge is 2.36. The maximum absolute atomic E-state index is 11.9. The molecule has 1 aliphatic carbocycles. The molecule has 0 aliphatic heterocycles. The first-order chi connectivity index (χ1) is 8.58. The topological polar surface area (TPSA) is 52.3 Å². The Hall–Kier alpha value is -1.35. The van der Waals surface area contributed by atoms with Crippen LogP contribution in [-0.4, -0.2) is 18.1 Å². The molecule has 0 aromatic carbocycles. The minimum Gasteiger partial charge on any atom is -0.459 e. The van der Waals surface area contributed by atoms with E-state index in [4.69, 9.17) is 10.5 Å². The van der Waals surface area contributed by atoms with Gasteiger partial charge in [-0.15, -0.1) is 0 Å². The van der Waals surface area contributed by atoms with Crippen LogP contribution in [0.1, 0.15) is 39.0 Å². The second-order valence-electron chi connectivity index (χ2n) is 4.84. The van der Waals surface area contributed by atoms with Gasteiger partial charge in [-0.3, -0.25) is 4.79 Å². The number of allylic oxidation sites excluding steroid dienone is 3. The quantitative estimate of drug-likeness (QED) is 0.602. The lowest BCUT2D eigenvalue weighted by Gasteiger charge is -2.30. The van der Waals surface area contributed by atoms with Crippen molar-refractivity contribution in [2.75, 3.05) is 6.61 Å². The minimum absolute atomic E-state index is 0.214. The minimum atomic E-state index is -0.772. The third-order valence-corrected chi connectivity index (χ3v) is 3.18. The first-order valence-electron chi connectivity index (χ1n) is 6.52. The Morgan fingerprint density at radius 3 is 2.61 bits per heavy atom. The lowest BCUT2D eigenvalue weighted by molar-refractivity contribution is -0.150. The highest BCUT2D eigenvalue weighted by Crippen LogP contribution is 2.27. The molecular formula is C15H23NO2. The lowest BCUT2D eigenvalue weighted by atomic mass is 9.83. The van der Waals surface area contributed by atoms with Crippen LogP contribution in [0, 0.1) is 0 Å². The van der Waals surface area contributed by atoms with Crippen molar-refractivity contribution >= 4 is 5.97 Å². The number of rotatable bonds is 5. The number of hydrogen-bond acceptors (Lipinski definition) is 3. The Bertz CT molecular complexity index is 350. The third kappa shape index (κ3) is 4.49. The second-order valence-corrected chi connectivity index (χ2v) is 4.84. The first-order valence-corrected chi connectivity index (χ1v) is 6.52. The number of nitrogens with two attached hydrogens (primary N) is 1. The van der Waals surface area contributed by atoms with Crippen LogP contribution in [0.2, 0.25) is 0 Å². The van der Waals surface area contributed by atoms with Crippen LogP contribution >= 0.6 is 0 Å². The van der Waals surface area contributed by atoms with Gasteiger partial charge in [0.05, 0.1) is 0 Å². The standard InChI is InChI=1S/C15H23NO2/c1-3-4-6-9-13(2)12-18-14(17)15(16)10-7-5-8-11-15/h3-4,6,9H,2,5,7-8,10-12,16H2,1H3/b4-3-,9-6-. The molecule has 0 bridgehead atoms. The van der Waals surface area contributed by atoms with E-state index < -0.39 is 5.54 Å². The van der Waals surface area contributed by atoms with Crippen molar-refractivity contribution in [3.05, 3.63) is 36.5 Å². The predicted octanol–water partition coefficient (Wildman–Crippen LogP) is 2.88. The molecule has 0 spiro atoms. The van der Waals surface area contributed by atoms with Crippen LogP contribution in [0.3, 0.4) is 0 Å². The van der Waals surface area contributed by atoms with Gasteiger partial charge >= 0.3 is 5.97 Å². The van der Waals surface area contributed by atoms with E-state index in [9.17, 15) is 4.79 Å². The van der Waals surface area contributed by atoms with E-state index in [0.29, 0.717) is 0 Å². The van der Waals surface area contributed by atoms with E-state index >= 15 is 0 Å². The van der Waals surface area contributed by atoms with E-state index in [0.717, 1.165) is 37.7 Å². The highest BCUT2D eigenvalue weighted by molar-refractivity contribution is 5.80.